The maximum atomic E-state index is 12.0. The molecular weight excluding hydrogens is 264 g/mol. The Kier molecular flexibility index (Phi) is 4.45. The van der Waals surface area contributed by atoms with Crippen molar-refractivity contribution in [2.24, 2.45) is 0 Å². The van der Waals surface area contributed by atoms with Crippen molar-refractivity contribution in [2.75, 3.05) is 18.0 Å². The second-order valence-corrected chi connectivity index (χ2v) is 5.61. The minimum absolute atomic E-state index is 0.0147. The summed E-state index contributed by atoms with van der Waals surface area (Å²) in [6.07, 6.45) is -0.201. The smallest absolute Gasteiger partial charge is 0.231 e. The van der Waals surface area contributed by atoms with Crippen LogP contribution in [0.3, 0.4) is 0 Å². The lowest BCUT2D eigenvalue weighted by molar-refractivity contribution is -0.117. The van der Waals surface area contributed by atoms with Gasteiger partial charge in [-0.3, -0.25) is 4.79 Å². The zero-order valence-corrected chi connectivity index (χ0v) is 11.9. The minimum Gasteiger partial charge on any atom is -0.390 e. The first-order valence-electron chi connectivity index (χ1n) is 6.47. The number of anilines is 1. The molecule has 2 rings (SSSR count). The average Bonchev–Trinajstić information content (AvgIpc) is 2.63. The molecule has 1 heterocycles. The van der Waals surface area contributed by atoms with Gasteiger partial charge in [0.1, 0.15) is 0 Å². The summed E-state index contributed by atoms with van der Waals surface area (Å²) in [5, 5.41) is 13.7. The number of fused-ring (bicyclic) bond motifs is 1. The predicted octanol–water partition coefficient (Wildman–Crippen LogP) is 1.59. The largest absolute Gasteiger partial charge is 0.390 e. The number of benzene rings is 1. The Bertz CT molecular complexity index is 477. The highest BCUT2D eigenvalue weighted by Crippen LogP contribution is 2.31. The Balaban J connectivity index is 2.05. The molecule has 0 aliphatic carbocycles. The number of halogens is 1. The molecule has 2 N–H and O–H groups in total. The monoisotopic (exact) mass is 282 g/mol. The van der Waals surface area contributed by atoms with Gasteiger partial charge >= 0.3 is 0 Å². The van der Waals surface area contributed by atoms with Crippen LogP contribution in [0.1, 0.15) is 19.4 Å². The summed E-state index contributed by atoms with van der Waals surface area (Å²) >= 11 is 5.96. The molecule has 4 nitrogen and oxygen atoms in total. The zero-order chi connectivity index (χ0) is 14.0. The van der Waals surface area contributed by atoms with Crippen molar-refractivity contribution < 1.29 is 9.90 Å². The van der Waals surface area contributed by atoms with Gasteiger partial charge in [-0.05, 0) is 17.7 Å². The maximum Gasteiger partial charge on any atom is 0.231 e. The van der Waals surface area contributed by atoms with Gasteiger partial charge < -0.3 is 15.3 Å². The zero-order valence-electron chi connectivity index (χ0n) is 11.2. The average molecular weight is 283 g/mol. The summed E-state index contributed by atoms with van der Waals surface area (Å²) in [4.78, 5) is 13.6. The molecular formula is C14H19ClN2O2. The number of nitrogens with zero attached hydrogens (tertiary/aromatic N) is 1. The number of aliphatic hydroxyl groups excluding tert-OH is 1. The van der Waals surface area contributed by atoms with E-state index < -0.39 is 6.10 Å². The molecule has 1 aromatic carbocycles. The van der Waals surface area contributed by atoms with Crippen LogP contribution in [0.5, 0.6) is 0 Å². The predicted molar refractivity (Wildman–Crippen MR) is 76.7 cm³/mol. The van der Waals surface area contributed by atoms with Gasteiger partial charge in [-0.25, -0.2) is 0 Å². The number of hydrogen-bond acceptors (Lipinski definition) is 3. The molecule has 0 fully saturated rings. The van der Waals surface area contributed by atoms with Crippen molar-refractivity contribution in [3.8, 4) is 0 Å². The lowest BCUT2D eigenvalue weighted by atomic mass is 10.2. The molecule has 1 atom stereocenters. The van der Waals surface area contributed by atoms with Crippen LogP contribution in [-0.2, 0) is 11.2 Å². The minimum atomic E-state index is -0.587. The van der Waals surface area contributed by atoms with E-state index in [4.69, 9.17) is 11.6 Å². The van der Waals surface area contributed by atoms with E-state index >= 15 is 0 Å². The standard InChI is InChI=1S/C14H19ClN2O2/c1-9(2)16-7-12(18)8-17-13-6-11(15)4-3-10(13)5-14(17)19/h3-4,6,9,12,16,18H,5,7-8H2,1-2H3. The SMILES string of the molecule is CC(C)NCC(O)CN1C(=O)Cc2ccc(Cl)cc21. The summed E-state index contributed by atoms with van der Waals surface area (Å²) in [5.41, 5.74) is 1.79. The van der Waals surface area contributed by atoms with Crippen molar-refractivity contribution in [1.29, 1.82) is 0 Å². The Morgan fingerprint density at radius 2 is 2.21 bits per heavy atom. The first-order valence-corrected chi connectivity index (χ1v) is 6.85. The Morgan fingerprint density at radius 3 is 2.89 bits per heavy atom. The number of hydrogen-bond donors (Lipinski definition) is 2. The van der Waals surface area contributed by atoms with Crippen molar-refractivity contribution in [3.63, 3.8) is 0 Å². The molecule has 1 aromatic rings. The maximum absolute atomic E-state index is 12.0. The number of nitrogens with one attached hydrogen (secondary N) is 1. The molecule has 0 spiro atoms. The normalized spacial score (nSPS) is 16.1. The van der Waals surface area contributed by atoms with Gasteiger partial charge in [0.25, 0.3) is 0 Å². The first-order chi connectivity index (χ1) is 8.97. The third-order valence-electron chi connectivity index (χ3n) is 3.14. The summed E-state index contributed by atoms with van der Waals surface area (Å²) < 4.78 is 0. The highest BCUT2D eigenvalue weighted by atomic mass is 35.5. The van der Waals surface area contributed by atoms with E-state index in [0.717, 1.165) is 11.3 Å². The Morgan fingerprint density at radius 1 is 1.47 bits per heavy atom. The van der Waals surface area contributed by atoms with Crippen LogP contribution in [0.2, 0.25) is 5.02 Å². The van der Waals surface area contributed by atoms with Gasteiger partial charge in [-0.2, -0.15) is 0 Å². The van der Waals surface area contributed by atoms with Crippen molar-refractivity contribution in [3.05, 3.63) is 28.8 Å². The first kappa shape index (κ1) is 14.3. The quantitative estimate of drug-likeness (QED) is 0.862. The van der Waals surface area contributed by atoms with Crippen LogP contribution in [0.4, 0.5) is 5.69 Å². The van der Waals surface area contributed by atoms with E-state index in [0.29, 0.717) is 30.6 Å². The second-order valence-electron chi connectivity index (χ2n) is 5.17. The summed E-state index contributed by atoms with van der Waals surface area (Å²) in [5.74, 6) is 0.0147. The van der Waals surface area contributed by atoms with Gasteiger partial charge in [0, 0.05) is 23.3 Å². The topological polar surface area (TPSA) is 52.6 Å². The second kappa shape index (κ2) is 5.90. The molecule has 1 aliphatic rings. The molecule has 0 aromatic heterocycles. The van der Waals surface area contributed by atoms with Gasteiger partial charge in [0.05, 0.1) is 19.1 Å². The highest BCUT2D eigenvalue weighted by molar-refractivity contribution is 6.31. The summed E-state index contributed by atoms with van der Waals surface area (Å²) in [6, 6.07) is 5.75. The van der Waals surface area contributed by atoms with E-state index in [1.807, 2.05) is 19.9 Å². The van der Waals surface area contributed by atoms with Crippen molar-refractivity contribution >= 4 is 23.2 Å². The van der Waals surface area contributed by atoms with E-state index in [-0.39, 0.29) is 5.91 Å². The third kappa shape index (κ3) is 3.47. The summed E-state index contributed by atoms with van der Waals surface area (Å²) in [6.45, 7) is 4.80. The van der Waals surface area contributed by atoms with Crippen molar-refractivity contribution in [2.45, 2.75) is 32.4 Å². The van der Waals surface area contributed by atoms with Gasteiger partial charge in [0.15, 0.2) is 0 Å². The molecule has 5 heteroatoms. The van der Waals surface area contributed by atoms with E-state index in [1.165, 1.54) is 0 Å². The molecule has 1 aliphatic heterocycles. The molecule has 0 saturated heterocycles. The van der Waals surface area contributed by atoms with Crippen LogP contribution in [0.25, 0.3) is 0 Å². The van der Waals surface area contributed by atoms with Crippen LogP contribution in [0.15, 0.2) is 18.2 Å². The number of amides is 1. The van der Waals surface area contributed by atoms with E-state index in [9.17, 15) is 9.90 Å². The lowest BCUT2D eigenvalue weighted by Gasteiger charge is -2.22. The molecule has 1 unspecified atom stereocenters. The third-order valence-corrected chi connectivity index (χ3v) is 3.37. The fourth-order valence-corrected chi connectivity index (χ4v) is 2.34. The van der Waals surface area contributed by atoms with Crippen molar-refractivity contribution in [1.82, 2.24) is 5.32 Å². The van der Waals surface area contributed by atoms with Crippen LogP contribution < -0.4 is 10.2 Å². The lowest BCUT2D eigenvalue weighted by Crippen LogP contribution is -2.41. The van der Waals surface area contributed by atoms with Crippen LogP contribution in [-0.4, -0.2) is 36.2 Å². The number of carbonyl (C=O) groups excluding carboxylic acids is 1. The van der Waals surface area contributed by atoms with Crippen LogP contribution >= 0.6 is 11.6 Å². The number of rotatable bonds is 5. The van der Waals surface area contributed by atoms with Gasteiger partial charge in [0.2, 0.25) is 5.91 Å². The summed E-state index contributed by atoms with van der Waals surface area (Å²) in [7, 11) is 0. The molecule has 1 amide bonds. The molecule has 0 saturated carbocycles. The van der Waals surface area contributed by atoms with Gasteiger partial charge in [-0.1, -0.05) is 31.5 Å². The Hall–Kier alpha value is -1.10. The van der Waals surface area contributed by atoms with E-state index in [2.05, 4.69) is 5.32 Å². The van der Waals surface area contributed by atoms with E-state index in [1.54, 1.807) is 17.0 Å². The number of aliphatic hydroxyl groups is 1. The molecule has 104 valence electrons. The number of carbonyl (C=O) groups is 1. The molecule has 0 radical (unpaired) electrons. The van der Waals surface area contributed by atoms with Gasteiger partial charge in [-0.15, -0.1) is 0 Å². The fourth-order valence-electron chi connectivity index (χ4n) is 2.18. The fraction of sp³-hybridized carbons (Fsp3) is 0.500. The molecule has 0 bridgehead atoms. The highest BCUT2D eigenvalue weighted by Gasteiger charge is 2.28. The molecule has 19 heavy (non-hydrogen) atoms. The number of β-amino-alcohol motifs (C(OH)–C–C–N with tert-alkyl or cyclic N) is 1. The van der Waals surface area contributed by atoms with Crippen LogP contribution in [0, 0.1) is 0 Å². The Labute approximate surface area is 118 Å².